The first kappa shape index (κ1) is 19.9. The first-order valence-electron chi connectivity index (χ1n) is 7.10. The van der Waals surface area contributed by atoms with Gasteiger partial charge >= 0.3 is 5.88 Å². The van der Waals surface area contributed by atoms with Gasteiger partial charge in [0.25, 0.3) is 10.1 Å². The molecule has 0 bridgehead atoms. The molecular weight excluding hydrogens is 332 g/mol. The predicted octanol–water partition coefficient (Wildman–Crippen LogP) is 1.05. The zero-order valence-corrected chi connectivity index (χ0v) is 15.0. The van der Waals surface area contributed by atoms with Gasteiger partial charge in [0.05, 0.1) is 24.7 Å². The second kappa shape index (κ2) is 8.09. The summed E-state index contributed by atoms with van der Waals surface area (Å²) in [5.41, 5.74) is 2.91. The number of hydrogen-bond acceptors (Lipinski definition) is 5. The van der Waals surface area contributed by atoms with Crippen LogP contribution in [0.25, 0.3) is 0 Å². The Morgan fingerprint density at radius 1 is 1.17 bits per heavy atom. The lowest BCUT2D eigenvalue weighted by atomic mass is 10.1. The van der Waals surface area contributed by atoms with Crippen LogP contribution in [0.2, 0.25) is 0 Å². The van der Waals surface area contributed by atoms with Crippen molar-refractivity contribution < 1.29 is 27.5 Å². The van der Waals surface area contributed by atoms with Crippen LogP contribution in [0.1, 0.15) is 22.3 Å². The molecule has 0 amide bonds. The molecule has 2 aromatic rings. The van der Waals surface area contributed by atoms with Gasteiger partial charge in [-0.15, -0.1) is 0 Å². The molecule has 132 valence electrons. The molecule has 0 saturated carbocycles. The topological polar surface area (TPSA) is 114 Å². The fourth-order valence-corrected chi connectivity index (χ4v) is 3.32. The van der Waals surface area contributed by atoms with Gasteiger partial charge in [0, 0.05) is 5.56 Å². The van der Waals surface area contributed by atoms with E-state index in [9.17, 15) is 8.42 Å². The van der Waals surface area contributed by atoms with Gasteiger partial charge in [-0.05, 0) is 38.0 Å². The Bertz CT molecular complexity index is 796. The molecule has 7 nitrogen and oxygen atoms in total. The maximum Gasteiger partial charge on any atom is 0.396 e. The van der Waals surface area contributed by atoms with Crippen LogP contribution in [0.5, 0.6) is 5.88 Å². The van der Waals surface area contributed by atoms with E-state index in [0.717, 1.165) is 11.1 Å². The SMILES string of the molecule is COc1ccc(CO)c[n+]1N.Cc1cc(C)c(S(=O)(=O)O)c(C)c1. The number of ether oxygens (including phenoxy) is 1. The second-order valence-corrected chi connectivity index (χ2v) is 6.71. The average Bonchev–Trinajstić information content (AvgIpc) is 2.45. The molecule has 24 heavy (non-hydrogen) atoms. The van der Waals surface area contributed by atoms with Crippen molar-refractivity contribution in [3.05, 3.63) is 52.7 Å². The van der Waals surface area contributed by atoms with E-state index in [-0.39, 0.29) is 11.5 Å². The molecule has 2 rings (SSSR count). The largest absolute Gasteiger partial charge is 0.446 e. The molecule has 8 heteroatoms. The average molecular weight is 355 g/mol. The third-order valence-corrected chi connectivity index (χ3v) is 4.41. The standard InChI is InChI=1S/C9H12O3S.C7H11N2O2/c1-6-4-7(2)9(8(3)5-6)13(10,11)12;1-11-7-3-2-6(5-10)4-9(7)8/h4-5H,1-3H3,(H,10,11,12);2-4,10H,5,8H2,1H3/q;+1. The zero-order chi connectivity index (χ0) is 18.5. The van der Waals surface area contributed by atoms with Crippen molar-refractivity contribution in [3.8, 4) is 5.88 Å². The van der Waals surface area contributed by atoms with Gasteiger partial charge in [-0.2, -0.15) is 8.42 Å². The van der Waals surface area contributed by atoms with Crippen molar-refractivity contribution >= 4 is 10.1 Å². The van der Waals surface area contributed by atoms with Crippen LogP contribution in [0, 0.1) is 20.8 Å². The molecule has 4 N–H and O–H groups in total. The lowest BCUT2D eigenvalue weighted by Crippen LogP contribution is -2.45. The number of methoxy groups -OCH3 is 1. The van der Waals surface area contributed by atoms with E-state index in [1.165, 1.54) is 11.8 Å². The lowest BCUT2D eigenvalue weighted by Gasteiger charge is -2.07. The number of hydrogen-bond donors (Lipinski definition) is 3. The van der Waals surface area contributed by atoms with E-state index in [0.29, 0.717) is 17.0 Å². The Morgan fingerprint density at radius 3 is 2.08 bits per heavy atom. The van der Waals surface area contributed by atoms with Gasteiger partial charge < -0.3 is 9.84 Å². The van der Waals surface area contributed by atoms with Gasteiger partial charge in [0.15, 0.2) is 0 Å². The summed E-state index contributed by atoms with van der Waals surface area (Å²) < 4.78 is 37.0. The van der Waals surface area contributed by atoms with E-state index < -0.39 is 10.1 Å². The highest BCUT2D eigenvalue weighted by Gasteiger charge is 2.16. The maximum atomic E-state index is 10.9. The van der Waals surface area contributed by atoms with E-state index in [1.807, 2.05) is 6.92 Å². The molecule has 0 aliphatic heterocycles. The minimum atomic E-state index is -4.08. The number of aromatic nitrogens is 1. The molecule has 1 aromatic heterocycles. The molecule has 0 spiro atoms. The van der Waals surface area contributed by atoms with Crippen molar-refractivity contribution in [2.45, 2.75) is 32.3 Å². The third kappa shape index (κ3) is 5.19. The number of aliphatic hydroxyl groups excluding tert-OH is 1. The number of rotatable bonds is 3. The zero-order valence-electron chi connectivity index (χ0n) is 14.1. The Morgan fingerprint density at radius 2 is 1.71 bits per heavy atom. The molecule has 0 saturated heterocycles. The number of aliphatic hydroxyl groups is 1. The number of nitrogens with two attached hydrogens (primary N) is 1. The summed E-state index contributed by atoms with van der Waals surface area (Å²) in [6.07, 6.45) is 1.61. The van der Waals surface area contributed by atoms with Crippen LogP contribution < -0.4 is 15.3 Å². The van der Waals surface area contributed by atoms with Gasteiger partial charge in [0.1, 0.15) is 0 Å². The van der Waals surface area contributed by atoms with Crippen LogP contribution in [0.15, 0.2) is 35.4 Å². The first-order valence-corrected chi connectivity index (χ1v) is 8.54. The number of nitrogen functional groups attached to an aromatic ring is 1. The van der Waals surface area contributed by atoms with Gasteiger partial charge in [0.2, 0.25) is 6.20 Å². The predicted molar refractivity (Wildman–Crippen MR) is 89.7 cm³/mol. The number of aryl methyl sites for hydroxylation is 3. The fourth-order valence-electron chi connectivity index (χ4n) is 2.39. The molecule has 0 aliphatic carbocycles. The first-order chi connectivity index (χ1) is 11.1. The highest BCUT2D eigenvalue weighted by atomic mass is 32.2. The quantitative estimate of drug-likeness (QED) is 0.431. The highest BCUT2D eigenvalue weighted by Crippen LogP contribution is 2.20. The van der Waals surface area contributed by atoms with Crippen molar-refractivity contribution in [1.82, 2.24) is 0 Å². The monoisotopic (exact) mass is 355 g/mol. The summed E-state index contributed by atoms with van der Waals surface area (Å²) in [5.74, 6) is 6.05. The lowest BCUT2D eigenvalue weighted by molar-refractivity contribution is -0.645. The number of pyridine rings is 1. The smallest absolute Gasteiger partial charge is 0.396 e. The summed E-state index contributed by atoms with van der Waals surface area (Å²) >= 11 is 0. The Balaban J connectivity index is 0.000000243. The van der Waals surface area contributed by atoms with Gasteiger partial charge in [-0.3, -0.25) is 4.55 Å². The van der Waals surface area contributed by atoms with Crippen LogP contribution >= 0.6 is 0 Å². The molecule has 1 heterocycles. The van der Waals surface area contributed by atoms with E-state index in [4.69, 9.17) is 20.2 Å². The fraction of sp³-hybridized carbons (Fsp3) is 0.312. The molecule has 0 radical (unpaired) electrons. The molecular formula is C16H23N2O5S+. The molecule has 0 atom stereocenters. The number of nitrogens with zero attached hydrogens (tertiary/aromatic N) is 1. The minimum Gasteiger partial charge on any atom is -0.446 e. The second-order valence-electron chi connectivity index (χ2n) is 5.35. The van der Waals surface area contributed by atoms with E-state index in [1.54, 1.807) is 44.3 Å². The third-order valence-electron chi connectivity index (χ3n) is 3.25. The van der Waals surface area contributed by atoms with E-state index in [2.05, 4.69) is 0 Å². The molecule has 0 unspecified atom stereocenters. The number of benzene rings is 1. The Kier molecular flexibility index (Phi) is 6.70. The van der Waals surface area contributed by atoms with Crippen LogP contribution in [0.4, 0.5) is 0 Å². The molecule has 0 fully saturated rings. The van der Waals surface area contributed by atoms with Crippen LogP contribution in [-0.2, 0) is 16.7 Å². The molecule has 0 aliphatic rings. The van der Waals surface area contributed by atoms with Crippen molar-refractivity contribution in [1.29, 1.82) is 0 Å². The Hall–Kier alpha value is -2.16. The normalized spacial score (nSPS) is 10.8. The van der Waals surface area contributed by atoms with Crippen molar-refractivity contribution in [3.63, 3.8) is 0 Å². The minimum absolute atomic E-state index is 0.0127. The summed E-state index contributed by atoms with van der Waals surface area (Å²) in [7, 11) is -2.54. The van der Waals surface area contributed by atoms with E-state index >= 15 is 0 Å². The van der Waals surface area contributed by atoms with Gasteiger partial charge in [-0.25, -0.2) is 5.84 Å². The van der Waals surface area contributed by atoms with Gasteiger partial charge in [-0.1, -0.05) is 22.4 Å². The molecule has 1 aromatic carbocycles. The summed E-state index contributed by atoms with van der Waals surface area (Å²) in [6.45, 7) is 5.21. The maximum absolute atomic E-state index is 10.9. The van der Waals surface area contributed by atoms with Crippen molar-refractivity contribution in [2.75, 3.05) is 13.0 Å². The summed E-state index contributed by atoms with van der Waals surface area (Å²) in [5, 5.41) is 8.72. The summed E-state index contributed by atoms with van der Waals surface area (Å²) in [4.78, 5) is 0.0260. The summed E-state index contributed by atoms with van der Waals surface area (Å²) in [6, 6.07) is 6.92. The Labute approximate surface area is 142 Å². The van der Waals surface area contributed by atoms with Crippen LogP contribution in [0.3, 0.4) is 0 Å². The van der Waals surface area contributed by atoms with Crippen LogP contribution in [-0.4, -0.2) is 25.2 Å². The highest BCUT2D eigenvalue weighted by molar-refractivity contribution is 7.86. The van der Waals surface area contributed by atoms with Crippen molar-refractivity contribution in [2.24, 2.45) is 0 Å².